The number of aromatic amines is 1. The standard InChI is InChI=1S/C18H23N3O5S/c1-11-9-12(2)20-18(23)16(11)10-19-17(22)13(3)21-27(24,25)15-7-5-14(26-4)6-8-15/h5-9,13,21H,10H2,1-4H3,(H,19,22)(H,20,23)/t13-/m0/s1. The Kier molecular flexibility index (Phi) is 6.40. The summed E-state index contributed by atoms with van der Waals surface area (Å²) in [5, 5.41) is 2.59. The van der Waals surface area contributed by atoms with Crippen molar-refractivity contribution in [1.29, 1.82) is 0 Å². The van der Waals surface area contributed by atoms with Gasteiger partial charge in [-0.2, -0.15) is 4.72 Å². The van der Waals surface area contributed by atoms with E-state index in [1.54, 1.807) is 19.9 Å². The van der Waals surface area contributed by atoms with E-state index < -0.39 is 22.0 Å². The van der Waals surface area contributed by atoms with E-state index in [9.17, 15) is 18.0 Å². The van der Waals surface area contributed by atoms with Crippen molar-refractivity contribution >= 4 is 15.9 Å². The number of ether oxygens (including phenoxy) is 1. The molecule has 0 saturated heterocycles. The molecule has 0 aliphatic rings. The van der Waals surface area contributed by atoms with E-state index in [2.05, 4.69) is 15.0 Å². The molecule has 9 heteroatoms. The third kappa shape index (κ3) is 5.18. The average molecular weight is 393 g/mol. The maximum absolute atomic E-state index is 12.4. The quantitative estimate of drug-likeness (QED) is 0.648. The van der Waals surface area contributed by atoms with Crippen LogP contribution >= 0.6 is 0 Å². The molecule has 0 fully saturated rings. The van der Waals surface area contributed by atoms with Crippen LogP contribution in [0, 0.1) is 13.8 Å². The van der Waals surface area contributed by atoms with Gasteiger partial charge in [0, 0.05) is 17.8 Å². The molecule has 2 rings (SSSR count). The van der Waals surface area contributed by atoms with E-state index in [4.69, 9.17) is 4.74 Å². The second-order valence-corrected chi connectivity index (χ2v) is 7.89. The van der Waals surface area contributed by atoms with Crippen molar-refractivity contribution < 1.29 is 17.9 Å². The minimum absolute atomic E-state index is 0.00881. The van der Waals surface area contributed by atoms with Crippen molar-refractivity contribution in [1.82, 2.24) is 15.0 Å². The minimum atomic E-state index is -3.87. The molecule has 1 atom stereocenters. The molecular formula is C18H23N3O5S. The number of hydrogen-bond acceptors (Lipinski definition) is 5. The van der Waals surface area contributed by atoms with Crippen LogP contribution in [0.1, 0.15) is 23.7 Å². The first-order valence-electron chi connectivity index (χ1n) is 8.27. The minimum Gasteiger partial charge on any atom is -0.497 e. The van der Waals surface area contributed by atoms with Crippen LogP contribution in [0.4, 0.5) is 0 Å². The summed E-state index contributed by atoms with van der Waals surface area (Å²) < 4.78 is 32.1. The highest BCUT2D eigenvalue weighted by Gasteiger charge is 2.22. The van der Waals surface area contributed by atoms with Gasteiger partial charge in [0.1, 0.15) is 5.75 Å². The zero-order chi connectivity index (χ0) is 20.2. The second kappa shape index (κ2) is 8.36. The summed E-state index contributed by atoms with van der Waals surface area (Å²) in [5.74, 6) is -0.00936. The number of benzene rings is 1. The fourth-order valence-electron chi connectivity index (χ4n) is 2.54. The zero-order valence-corrected chi connectivity index (χ0v) is 16.4. The predicted octanol–water partition coefficient (Wildman–Crippen LogP) is 0.984. The van der Waals surface area contributed by atoms with E-state index in [1.165, 1.54) is 38.3 Å². The number of aryl methyl sites for hydroxylation is 2. The highest BCUT2D eigenvalue weighted by molar-refractivity contribution is 7.89. The summed E-state index contributed by atoms with van der Waals surface area (Å²) >= 11 is 0. The number of aromatic nitrogens is 1. The van der Waals surface area contributed by atoms with Gasteiger partial charge in [0.15, 0.2) is 0 Å². The SMILES string of the molecule is COc1ccc(S(=O)(=O)N[C@@H](C)C(=O)NCc2c(C)cc(C)[nH]c2=O)cc1. The zero-order valence-electron chi connectivity index (χ0n) is 15.6. The van der Waals surface area contributed by atoms with Gasteiger partial charge in [-0.05, 0) is 56.7 Å². The van der Waals surface area contributed by atoms with E-state index in [-0.39, 0.29) is 17.0 Å². The van der Waals surface area contributed by atoms with Crippen LogP contribution in [0.3, 0.4) is 0 Å². The molecular weight excluding hydrogens is 370 g/mol. The van der Waals surface area contributed by atoms with E-state index >= 15 is 0 Å². The second-order valence-electron chi connectivity index (χ2n) is 6.18. The molecule has 1 heterocycles. The van der Waals surface area contributed by atoms with Gasteiger partial charge in [0.25, 0.3) is 5.56 Å². The van der Waals surface area contributed by atoms with Gasteiger partial charge < -0.3 is 15.0 Å². The maximum atomic E-state index is 12.4. The Balaban J connectivity index is 2.03. The Morgan fingerprint density at radius 2 is 1.85 bits per heavy atom. The number of amides is 1. The highest BCUT2D eigenvalue weighted by atomic mass is 32.2. The van der Waals surface area contributed by atoms with E-state index in [0.717, 1.165) is 11.3 Å². The Bertz CT molecular complexity index is 981. The van der Waals surface area contributed by atoms with Gasteiger partial charge in [0.05, 0.1) is 18.0 Å². The molecule has 0 saturated carbocycles. The van der Waals surface area contributed by atoms with Crippen molar-refractivity contribution in [2.24, 2.45) is 0 Å². The number of nitrogens with one attached hydrogen (secondary N) is 3. The van der Waals surface area contributed by atoms with E-state index in [1.807, 2.05) is 0 Å². The molecule has 146 valence electrons. The van der Waals surface area contributed by atoms with Crippen LogP contribution in [-0.4, -0.2) is 32.5 Å². The third-order valence-electron chi connectivity index (χ3n) is 4.03. The summed E-state index contributed by atoms with van der Waals surface area (Å²) in [6.45, 7) is 4.99. The van der Waals surface area contributed by atoms with Gasteiger partial charge >= 0.3 is 0 Å². The Morgan fingerprint density at radius 1 is 1.22 bits per heavy atom. The first-order chi connectivity index (χ1) is 12.6. The van der Waals surface area contributed by atoms with Gasteiger partial charge in [-0.25, -0.2) is 8.42 Å². The fraction of sp³-hybridized carbons (Fsp3) is 0.333. The number of rotatable bonds is 7. The lowest BCUT2D eigenvalue weighted by atomic mass is 10.1. The first-order valence-corrected chi connectivity index (χ1v) is 9.76. The summed E-state index contributed by atoms with van der Waals surface area (Å²) in [4.78, 5) is 26.9. The monoisotopic (exact) mass is 393 g/mol. The van der Waals surface area contributed by atoms with Crippen molar-refractivity contribution in [3.05, 3.63) is 57.5 Å². The molecule has 27 heavy (non-hydrogen) atoms. The third-order valence-corrected chi connectivity index (χ3v) is 5.58. The Morgan fingerprint density at radius 3 is 2.41 bits per heavy atom. The van der Waals surface area contributed by atoms with Crippen LogP contribution < -0.4 is 20.3 Å². The molecule has 8 nitrogen and oxygen atoms in total. The highest BCUT2D eigenvalue weighted by Crippen LogP contribution is 2.15. The molecule has 1 aromatic heterocycles. The fourth-order valence-corrected chi connectivity index (χ4v) is 3.74. The van der Waals surface area contributed by atoms with Crippen LogP contribution in [0.5, 0.6) is 5.75 Å². The topological polar surface area (TPSA) is 117 Å². The van der Waals surface area contributed by atoms with Crippen molar-refractivity contribution in [2.75, 3.05) is 7.11 Å². The van der Waals surface area contributed by atoms with Gasteiger partial charge in [-0.15, -0.1) is 0 Å². The predicted molar refractivity (Wildman–Crippen MR) is 101 cm³/mol. The maximum Gasteiger partial charge on any atom is 0.253 e. The first kappa shape index (κ1) is 20.7. The molecule has 1 amide bonds. The lowest BCUT2D eigenvalue weighted by Gasteiger charge is -2.15. The normalized spacial score (nSPS) is 12.4. The van der Waals surface area contributed by atoms with Gasteiger partial charge in [-0.1, -0.05) is 0 Å². The number of pyridine rings is 1. The summed E-state index contributed by atoms with van der Waals surface area (Å²) in [5.41, 5.74) is 1.63. The lowest BCUT2D eigenvalue weighted by Crippen LogP contribution is -2.45. The molecule has 0 radical (unpaired) electrons. The van der Waals surface area contributed by atoms with E-state index in [0.29, 0.717) is 11.3 Å². The van der Waals surface area contributed by atoms with Crippen molar-refractivity contribution in [3.8, 4) is 5.75 Å². The number of carbonyl (C=O) groups is 1. The summed E-state index contributed by atoms with van der Waals surface area (Å²) in [6, 6.07) is 6.61. The van der Waals surface area contributed by atoms with Crippen LogP contribution in [0.15, 0.2) is 40.0 Å². The largest absolute Gasteiger partial charge is 0.497 e. The molecule has 3 N–H and O–H groups in total. The van der Waals surface area contributed by atoms with Gasteiger partial charge in [-0.3, -0.25) is 9.59 Å². The number of carbonyl (C=O) groups excluding carboxylic acids is 1. The van der Waals surface area contributed by atoms with Crippen LogP contribution in [-0.2, 0) is 21.4 Å². The Hall–Kier alpha value is -2.65. The Labute approximate surface area is 158 Å². The van der Waals surface area contributed by atoms with Gasteiger partial charge in [0.2, 0.25) is 15.9 Å². The average Bonchev–Trinajstić information content (AvgIpc) is 2.60. The number of sulfonamides is 1. The van der Waals surface area contributed by atoms with Crippen LogP contribution in [0.25, 0.3) is 0 Å². The molecule has 0 aliphatic carbocycles. The number of H-pyrrole nitrogens is 1. The van der Waals surface area contributed by atoms with Crippen molar-refractivity contribution in [2.45, 2.75) is 38.3 Å². The molecule has 0 unspecified atom stereocenters. The van der Waals surface area contributed by atoms with Crippen molar-refractivity contribution in [3.63, 3.8) is 0 Å². The molecule has 0 bridgehead atoms. The molecule has 1 aromatic carbocycles. The molecule has 0 aliphatic heterocycles. The lowest BCUT2D eigenvalue weighted by molar-refractivity contribution is -0.122. The summed E-state index contributed by atoms with van der Waals surface area (Å²) in [7, 11) is -2.39. The summed E-state index contributed by atoms with van der Waals surface area (Å²) in [6.07, 6.45) is 0. The molecule has 0 spiro atoms. The molecule has 2 aromatic rings. The van der Waals surface area contributed by atoms with Crippen LogP contribution in [0.2, 0.25) is 0 Å². The number of methoxy groups -OCH3 is 1. The smallest absolute Gasteiger partial charge is 0.253 e. The number of hydrogen-bond donors (Lipinski definition) is 3.